The largest absolute Gasteiger partial charge is 0.381 e. The fourth-order valence-electron chi connectivity index (χ4n) is 2.52. The highest BCUT2D eigenvalue weighted by Gasteiger charge is 2.28. The van der Waals surface area contributed by atoms with Crippen molar-refractivity contribution in [3.8, 4) is 0 Å². The minimum Gasteiger partial charge on any atom is -0.381 e. The molecule has 1 fully saturated rings. The number of ether oxygens (including phenoxy) is 1. The SMILES string of the molecule is COC1CC(NCc2ccc(Cl)c3cccnc23)C1. The van der Waals surface area contributed by atoms with Gasteiger partial charge < -0.3 is 10.1 Å². The molecule has 0 amide bonds. The van der Waals surface area contributed by atoms with Gasteiger partial charge in [0.25, 0.3) is 0 Å². The minimum absolute atomic E-state index is 0.428. The Morgan fingerprint density at radius 3 is 3.00 bits per heavy atom. The predicted octanol–water partition coefficient (Wildman–Crippen LogP) is 3.16. The molecule has 1 aliphatic carbocycles. The van der Waals surface area contributed by atoms with Crippen molar-refractivity contribution < 1.29 is 4.74 Å². The molecule has 3 nitrogen and oxygen atoms in total. The third-order valence-electron chi connectivity index (χ3n) is 3.81. The van der Waals surface area contributed by atoms with Gasteiger partial charge in [-0.25, -0.2) is 0 Å². The Kier molecular flexibility index (Phi) is 3.69. The van der Waals surface area contributed by atoms with Crippen molar-refractivity contribution in [1.82, 2.24) is 10.3 Å². The summed E-state index contributed by atoms with van der Waals surface area (Å²) < 4.78 is 5.28. The second-order valence-electron chi connectivity index (χ2n) is 5.01. The van der Waals surface area contributed by atoms with E-state index in [0.717, 1.165) is 35.3 Å². The van der Waals surface area contributed by atoms with Crippen molar-refractivity contribution in [2.45, 2.75) is 31.5 Å². The van der Waals surface area contributed by atoms with Crippen molar-refractivity contribution in [3.63, 3.8) is 0 Å². The van der Waals surface area contributed by atoms with Gasteiger partial charge in [-0.3, -0.25) is 4.98 Å². The molecule has 1 saturated carbocycles. The molecule has 3 rings (SSSR count). The molecule has 0 aliphatic heterocycles. The lowest BCUT2D eigenvalue weighted by Gasteiger charge is -2.34. The number of methoxy groups -OCH3 is 1. The quantitative estimate of drug-likeness (QED) is 0.931. The molecule has 1 aromatic heterocycles. The smallest absolute Gasteiger partial charge is 0.0761 e. The highest BCUT2D eigenvalue weighted by atomic mass is 35.5. The number of aromatic nitrogens is 1. The van der Waals surface area contributed by atoms with Crippen LogP contribution in [0.2, 0.25) is 5.02 Å². The lowest BCUT2D eigenvalue weighted by atomic mass is 9.89. The number of hydrogen-bond acceptors (Lipinski definition) is 3. The Hall–Kier alpha value is -1.16. The van der Waals surface area contributed by atoms with Crippen LogP contribution in [0.4, 0.5) is 0 Å². The van der Waals surface area contributed by atoms with E-state index in [4.69, 9.17) is 16.3 Å². The molecule has 2 aromatic rings. The van der Waals surface area contributed by atoms with E-state index in [9.17, 15) is 0 Å². The Morgan fingerprint density at radius 1 is 1.37 bits per heavy atom. The van der Waals surface area contributed by atoms with Crippen LogP contribution in [0, 0.1) is 0 Å². The van der Waals surface area contributed by atoms with E-state index in [2.05, 4.69) is 16.4 Å². The van der Waals surface area contributed by atoms with Gasteiger partial charge in [0.15, 0.2) is 0 Å². The van der Waals surface area contributed by atoms with E-state index in [-0.39, 0.29) is 0 Å². The van der Waals surface area contributed by atoms with Gasteiger partial charge in [-0.05, 0) is 36.6 Å². The van der Waals surface area contributed by atoms with Crippen molar-refractivity contribution in [3.05, 3.63) is 41.0 Å². The maximum Gasteiger partial charge on any atom is 0.0761 e. The first-order valence-corrected chi connectivity index (χ1v) is 6.94. The highest BCUT2D eigenvalue weighted by molar-refractivity contribution is 6.35. The van der Waals surface area contributed by atoms with Crippen molar-refractivity contribution >= 4 is 22.5 Å². The van der Waals surface area contributed by atoms with E-state index in [1.807, 2.05) is 24.4 Å². The lowest BCUT2D eigenvalue weighted by Crippen LogP contribution is -2.44. The van der Waals surface area contributed by atoms with Gasteiger partial charge in [-0.1, -0.05) is 17.7 Å². The number of nitrogens with one attached hydrogen (secondary N) is 1. The molecule has 0 saturated heterocycles. The first-order chi connectivity index (χ1) is 9.28. The molecule has 0 spiro atoms. The van der Waals surface area contributed by atoms with Gasteiger partial charge in [0.05, 0.1) is 11.6 Å². The van der Waals surface area contributed by atoms with Gasteiger partial charge in [-0.2, -0.15) is 0 Å². The maximum atomic E-state index is 6.19. The van der Waals surface area contributed by atoms with Gasteiger partial charge in [0.1, 0.15) is 0 Å². The van der Waals surface area contributed by atoms with Crippen LogP contribution < -0.4 is 5.32 Å². The molecule has 0 unspecified atom stereocenters. The first-order valence-electron chi connectivity index (χ1n) is 6.56. The van der Waals surface area contributed by atoms with Crippen LogP contribution >= 0.6 is 11.6 Å². The van der Waals surface area contributed by atoms with Gasteiger partial charge in [0, 0.05) is 36.3 Å². The van der Waals surface area contributed by atoms with Crippen molar-refractivity contribution in [1.29, 1.82) is 0 Å². The fourth-order valence-corrected chi connectivity index (χ4v) is 2.73. The van der Waals surface area contributed by atoms with Crippen LogP contribution in [0.15, 0.2) is 30.5 Å². The molecule has 1 aliphatic rings. The third-order valence-corrected chi connectivity index (χ3v) is 4.14. The topological polar surface area (TPSA) is 34.1 Å². The van der Waals surface area contributed by atoms with Crippen molar-refractivity contribution in [2.24, 2.45) is 0 Å². The number of nitrogens with zero attached hydrogens (tertiary/aromatic N) is 1. The van der Waals surface area contributed by atoms with E-state index < -0.39 is 0 Å². The van der Waals surface area contributed by atoms with Crippen LogP contribution in [-0.2, 0) is 11.3 Å². The third kappa shape index (κ3) is 2.59. The molecule has 100 valence electrons. The van der Waals surface area contributed by atoms with Crippen LogP contribution in [0.1, 0.15) is 18.4 Å². The average molecular weight is 277 g/mol. The fraction of sp³-hybridized carbons (Fsp3) is 0.400. The van der Waals surface area contributed by atoms with Gasteiger partial charge >= 0.3 is 0 Å². The molecule has 19 heavy (non-hydrogen) atoms. The number of halogens is 1. The molecule has 0 radical (unpaired) electrons. The zero-order valence-corrected chi connectivity index (χ0v) is 11.7. The summed E-state index contributed by atoms with van der Waals surface area (Å²) in [4.78, 5) is 4.45. The summed E-state index contributed by atoms with van der Waals surface area (Å²) in [6.07, 6.45) is 4.43. The minimum atomic E-state index is 0.428. The Balaban J connectivity index is 1.73. The Morgan fingerprint density at radius 2 is 2.21 bits per heavy atom. The molecule has 1 N–H and O–H groups in total. The zero-order chi connectivity index (χ0) is 13.2. The summed E-state index contributed by atoms with van der Waals surface area (Å²) in [6, 6.07) is 8.48. The van der Waals surface area contributed by atoms with Crippen LogP contribution in [0.5, 0.6) is 0 Å². The summed E-state index contributed by atoms with van der Waals surface area (Å²) >= 11 is 6.19. The van der Waals surface area contributed by atoms with Crippen LogP contribution in [0.3, 0.4) is 0 Å². The number of pyridine rings is 1. The van der Waals surface area contributed by atoms with E-state index in [1.165, 1.54) is 5.56 Å². The molecule has 1 heterocycles. The van der Waals surface area contributed by atoms with Crippen molar-refractivity contribution in [2.75, 3.05) is 7.11 Å². The summed E-state index contributed by atoms with van der Waals surface area (Å²) in [5.41, 5.74) is 2.19. The molecular formula is C15H17ClN2O. The number of hydrogen-bond donors (Lipinski definition) is 1. The molecule has 4 heteroatoms. The van der Waals surface area contributed by atoms with Gasteiger partial charge in [-0.15, -0.1) is 0 Å². The molecule has 0 atom stereocenters. The standard InChI is InChI=1S/C15H17ClN2O/c1-19-12-7-11(8-12)18-9-10-4-5-14(16)13-3-2-6-17-15(10)13/h2-6,11-12,18H,7-9H2,1H3. The van der Waals surface area contributed by atoms with Crippen LogP contribution in [-0.4, -0.2) is 24.2 Å². The molecular weight excluding hydrogens is 260 g/mol. The van der Waals surface area contributed by atoms with E-state index >= 15 is 0 Å². The molecule has 1 aromatic carbocycles. The molecule has 0 bridgehead atoms. The maximum absolute atomic E-state index is 6.19. The number of rotatable bonds is 4. The summed E-state index contributed by atoms with van der Waals surface area (Å²) in [7, 11) is 1.78. The first kappa shape index (κ1) is 12.9. The second kappa shape index (κ2) is 5.45. The second-order valence-corrected chi connectivity index (χ2v) is 5.42. The normalized spacial score (nSPS) is 22.4. The van der Waals surface area contributed by atoms with Crippen LogP contribution in [0.25, 0.3) is 10.9 Å². The Bertz CT molecular complexity index is 581. The average Bonchev–Trinajstić information content (AvgIpc) is 2.40. The summed E-state index contributed by atoms with van der Waals surface area (Å²) in [5, 5.41) is 5.33. The highest BCUT2D eigenvalue weighted by Crippen LogP contribution is 2.26. The lowest BCUT2D eigenvalue weighted by molar-refractivity contribution is 0.0170. The Labute approximate surface area is 117 Å². The van der Waals surface area contributed by atoms with Gasteiger partial charge in [0.2, 0.25) is 0 Å². The predicted molar refractivity (Wildman–Crippen MR) is 77.4 cm³/mol. The monoisotopic (exact) mass is 276 g/mol. The zero-order valence-electron chi connectivity index (χ0n) is 10.9. The number of benzene rings is 1. The summed E-state index contributed by atoms with van der Waals surface area (Å²) in [6.45, 7) is 0.825. The number of fused-ring (bicyclic) bond motifs is 1. The van der Waals surface area contributed by atoms with E-state index in [0.29, 0.717) is 12.1 Å². The van der Waals surface area contributed by atoms with E-state index in [1.54, 1.807) is 7.11 Å². The summed E-state index contributed by atoms with van der Waals surface area (Å²) in [5.74, 6) is 0.